The maximum Gasteiger partial charge on any atom is 0.416 e. The third kappa shape index (κ3) is 5.55. The summed E-state index contributed by atoms with van der Waals surface area (Å²) >= 11 is 0. The first kappa shape index (κ1) is 19.0. The van der Waals surface area contributed by atoms with E-state index in [2.05, 4.69) is 5.32 Å². The van der Waals surface area contributed by atoms with Crippen LogP contribution in [0.2, 0.25) is 0 Å². The van der Waals surface area contributed by atoms with Crippen LogP contribution in [0.25, 0.3) is 0 Å². The first-order valence-corrected chi connectivity index (χ1v) is 6.97. The number of hydrogen-bond acceptors (Lipinski definition) is 3. The van der Waals surface area contributed by atoms with Gasteiger partial charge < -0.3 is 16.2 Å². The van der Waals surface area contributed by atoms with Gasteiger partial charge in [0.1, 0.15) is 6.04 Å². The zero-order chi connectivity index (χ0) is 17.8. The van der Waals surface area contributed by atoms with E-state index in [4.69, 9.17) is 5.73 Å². The normalized spacial score (nSPS) is 14.4. The van der Waals surface area contributed by atoms with Crippen LogP contribution in [0.5, 0.6) is 0 Å². The summed E-state index contributed by atoms with van der Waals surface area (Å²) in [7, 11) is 0. The molecule has 0 bridgehead atoms. The Hall–Kier alpha value is -2.09. The number of aliphatic hydroxyl groups is 1. The van der Waals surface area contributed by atoms with Crippen LogP contribution < -0.4 is 11.1 Å². The quantitative estimate of drug-likeness (QED) is 0.741. The average molecular weight is 332 g/mol. The SMILES string of the molecule is CC(C)C[C@H](NC(=O)[C@H](O)c1ccc(C(F)(F)F)cc1)C(N)=O. The molecule has 0 aliphatic rings. The van der Waals surface area contributed by atoms with Crippen LogP contribution in [0.4, 0.5) is 13.2 Å². The molecule has 0 saturated heterocycles. The van der Waals surface area contributed by atoms with E-state index in [-0.39, 0.29) is 11.5 Å². The fraction of sp³-hybridized carbons (Fsp3) is 0.467. The molecule has 128 valence electrons. The second-order valence-corrected chi connectivity index (χ2v) is 5.62. The largest absolute Gasteiger partial charge is 0.416 e. The van der Waals surface area contributed by atoms with Gasteiger partial charge in [0, 0.05) is 0 Å². The van der Waals surface area contributed by atoms with Gasteiger partial charge in [-0.25, -0.2) is 0 Å². The smallest absolute Gasteiger partial charge is 0.378 e. The average Bonchev–Trinajstić information content (AvgIpc) is 2.44. The third-order valence-corrected chi connectivity index (χ3v) is 3.17. The second-order valence-electron chi connectivity index (χ2n) is 5.62. The molecule has 0 spiro atoms. The molecule has 1 aromatic rings. The lowest BCUT2D eigenvalue weighted by atomic mass is 10.0. The fourth-order valence-corrected chi connectivity index (χ4v) is 1.97. The number of aliphatic hydroxyl groups excluding tert-OH is 1. The van der Waals surface area contributed by atoms with Crippen molar-refractivity contribution in [1.82, 2.24) is 5.32 Å². The zero-order valence-corrected chi connectivity index (χ0v) is 12.7. The van der Waals surface area contributed by atoms with Crippen LogP contribution in [0.15, 0.2) is 24.3 Å². The van der Waals surface area contributed by atoms with Gasteiger partial charge in [-0.1, -0.05) is 26.0 Å². The van der Waals surface area contributed by atoms with E-state index in [1.807, 2.05) is 13.8 Å². The van der Waals surface area contributed by atoms with Crippen molar-refractivity contribution < 1.29 is 27.9 Å². The number of benzene rings is 1. The van der Waals surface area contributed by atoms with Crippen molar-refractivity contribution in [2.45, 2.75) is 38.6 Å². The van der Waals surface area contributed by atoms with Crippen molar-refractivity contribution in [3.63, 3.8) is 0 Å². The summed E-state index contributed by atoms with van der Waals surface area (Å²) in [5.74, 6) is -1.56. The Kier molecular flexibility index (Phi) is 6.14. The Morgan fingerprint density at radius 3 is 2.13 bits per heavy atom. The van der Waals surface area contributed by atoms with Crippen LogP contribution in [-0.2, 0) is 15.8 Å². The van der Waals surface area contributed by atoms with Gasteiger partial charge in [-0.15, -0.1) is 0 Å². The monoisotopic (exact) mass is 332 g/mol. The number of carbonyl (C=O) groups excluding carboxylic acids is 2. The molecule has 0 aliphatic heterocycles. The van der Waals surface area contributed by atoms with Crippen molar-refractivity contribution in [1.29, 1.82) is 0 Å². The molecule has 8 heteroatoms. The Morgan fingerprint density at radius 1 is 1.22 bits per heavy atom. The minimum absolute atomic E-state index is 0.0109. The highest BCUT2D eigenvalue weighted by Crippen LogP contribution is 2.29. The van der Waals surface area contributed by atoms with Crippen LogP contribution in [0, 0.1) is 5.92 Å². The molecule has 4 N–H and O–H groups in total. The van der Waals surface area contributed by atoms with Gasteiger partial charge in [0.2, 0.25) is 5.91 Å². The summed E-state index contributed by atoms with van der Waals surface area (Å²) < 4.78 is 37.4. The summed E-state index contributed by atoms with van der Waals surface area (Å²) in [5.41, 5.74) is 4.28. The summed E-state index contributed by atoms with van der Waals surface area (Å²) in [5, 5.41) is 12.2. The van der Waals surface area contributed by atoms with Gasteiger partial charge >= 0.3 is 6.18 Å². The molecular formula is C15H19F3N2O3. The minimum Gasteiger partial charge on any atom is -0.378 e. The highest BCUT2D eigenvalue weighted by atomic mass is 19.4. The van der Waals surface area contributed by atoms with Crippen molar-refractivity contribution >= 4 is 11.8 Å². The molecule has 0 saturated carbocycles. The van der Waals surface area contributed by atoms with E-state index in [1.54, 1.807) is 0 Å². The Labute approximate surface area is 131 Å². The predicted molar refractivity (Wildman–Crippen MR) is 77.0 cm³/mol. The summed E-state index contributed by atoms with van der Waals surface area (Å²) in [6.07, 6.45) is -5.90. The number of nitrogens with one attached hydrogen (secondary N) is 1. The van der Waals surface area contributed by atoms with Crippen LogP contribution in [0.1, 0.15) is 37.5 Å². The van der Waals surface area contributed by atoms with Crippen LogP contribution >= 0.6 is 0 Å². The van der Waals surface area contributed by atoms with Gasteiger partial charge in [0.15, 0.2) is 6.10 Å². The topological polar surface area (TPSA) is 92.4 Å². The van der Waals surface area contributed by atoms with Gasteiger partial charge in [-0.05, 0) is 30.0 Å². The molecule has 0 aliphatic carbocycles. The van der Waals surface area contributed by atoms with Crippen molar-refractivity contribution in [3.8, 4) is 0 Å². The molecule has 0 radical (unpaired) electrons. The van der Waals surface area contributed by atoms with Crippen LogP contribution in [0.3, 0.4) is 0 Å². The molecule has 5 nitrogen and oxygen atoms in total. The van der Waals surface area contributed by atoms with Crippen molar-refractivity contribution in [2.24, 2.45) is 11.7 Å². The molecule has 23 heavy (non-hydrogen) atoms. The lowest BCUT2D eigenvalue weighted by Crippen LogP contribution is -2.46. The number of primary amides is 1. The molecule has 1 rings (SSSR count). The molecule has 1 aromatic carbocycles. The Bertz CT molecular complexity index is 556. The molecule has 0 heterocycles. The molecular weight excluding hydrogens is 313 g/mol. The number of amides is 2. The maximum absolute atomic E-state index is 12.5. The first-order chi connectivity index (χ1) is 10.5. The van der Waals surface area contributed by atoms with Gasteiger partial charge in [0.05, 0.1) is 5.56 Å². The number of nitrogens with two attached hydrogens (primary N) is 1. The summed E-state index contributed by atoms with van der Waals surface area (Å²) in [6.45, 7) is 3.66. The summed E-state index contributed by atoms with van der Waals surface area (Å²) in [6, 6.07) is 2.60. The molecule has 2 amide bonds. The number of alkyl halides is 3. The predicted octanol–water partition coefficient (Wildman–Crippen LogP) is 1.76. The number of rotatable bonds is 6. The van der Waals surface area contributed by atoms with E-state index < -0.39 is 35.7 Å². The Balaban J connectivity index is 2.81. The highest BCUT2D eigenvalue weighted by Gasteiger charge is 2.31. The van der Waals surface area contributed by atoms with E-state index >= 15 is 0 Å². The van der Waals surface area contributed by atoms with Crippen molar-refractivity contribution in [2.75, 3.05) is 0 Å². The molecule has 0 fully saturated rings. The maximum atomic E-state index is 12.5. The second kappa shape index (κ2) is 7.45. The lowest BCUT2D eigenvalue weighted by molar-refractivity contribution is -0.137. The minimum atomic E-state index is -4.50. The number of halogens is 3. The number of hydrogen-bond donors (Lipinski definition) is 3. The first-order valence-electron chi connectivity index (χ1n) is 6.97. The standard InChI is InChI=1S/C15H19F3N2O3/c1-8(2)7-11(13(19)22)20-14(23)12(21)9-3-5-10(6-4-9)15(16,17)18/h3-6,8,11-12,21H,7H2,1-2H3,(H2,19,22)(H,20,23)/t11-,12+/m0/s1. The zero-order valence-electron chi connectivity index (χ0n) is 12.7. The van der Waals surface area contributed by atoms with E-state index in [9.17, 15) is 27.9 Å². The lowest BCUT2D eigenvalue weighted by Gasteiger charge is -2.20. The molecule has 0 unspecified atom stereocenters. The van der Waals surface area contributed by atoms with E-state index in [0.717, 1.165) is 24.3 Å². The fourth-order valence-electron chi connectivity index (χ4n) is 1.97. The Morgan fingerprint density at radius 2 is 1.74 bits per heavy atom. The highest BCUT2D eigenvalue weighted by molar-refractivity contribution is 5.89. The van der Waals surface area contributed by atoms with Gasteiger partial charge in [0.25, 0.3) is 5.91 Å². The van der Waals surface area contributed by atoms with Gasteiger partial charge in [-0.3, -0.25) is 9.59 Å². The van der Waals surface area contributed by atoms with E-state index in [1.165, 1.54) is 0 Å². The van der Waals surface area contributed by atoms with Crippen LogP contribution in [-0.4, -0.2) is 23.0 Å². The number of carbonyl (C=O) groups is 2. The third-order valence-electron chi connectivity index (χ3n) is 3.17. The summed E-state index contributed by atoms with van der Waals surface area (Å²) in [4.78, 5) is 23.2. The van der Waals surface area contributed by atoms with E-state index in [0.29, 0.717) is 6.42 Å². The molecule has 0 aromatic heterocycles. The van der Waals surface area contributed by atoms with Crippen molar-refractivity contribution in [3.05, 3.63) is 35.4 Å². The molecule has 2 atom stereocenters. The van der Waals surface area contributed by atoms with Gasteiger partial charge in [-0.2, -0.15) is 13.2 Å².